The van der Waals surface area contributed by atoms with Crippen LogP contribution in [0.15, 0.2) is 20.3 Å². The molecule has 7 heteroatoms. The van der Waals surface area contributed by atoms with Crippen molar-refractivity contribution in [2.24, 2.45) is 4.99 Å². The molecule has 1 saturated heterocycles. The molecule has 1 aliphatic rings. The Kier molecular flexibility index (Phi) is 3.49. The van der Waals surface area contributed by atoms with Gasteiger partial charge in [-0.1, -0.05) is 0 Å². The van der Waals surface area contributed by atoms with E-state index in [4.69, 9.17) is 4.42 Å². The second kappa shape index (κ2) is 4.80. The lowest BCUT2D eigenvalue weighted by atomic mass is 10.1. The Morgan fingerprint density at radius 1 is 1.53 bits per heavy atom. The van der Waals surface area contributed by atoms with E-state index in [2.05, 4.69) is 4.99 Å². The summed E-state index contributed by atoms with van der Waals surface area (Å²) in [6.07, 6.45) is 0.442. The summed E-state index contributed by atoms with van der Waals surface area (Å²) in [5.41, 5.74) is -0.372. The van der Waals surface area contributed by atoms with Crippen molar-refractivity contribution in [3.8, 4) is 5.75 Å². The van der Waals surface area contributed by atoms with Crippen molar-refractivity contribution in [2.75, 3.05) is 11.5 Å². The third-order valence-corrected chi connectivity index (χ3v) is 4.75. The van der Waals surface area contributed by atoms with Crippen molar-refractivity contribution >= 4 is 15.5 Å². The Balaban J connectivity index is 2.35. The van der Waals surface area contributed by atoms with E-state index in [0.717, 1.165) is 0 Å². The Bertz CT molecular complexity index is 687. The lowest BCUT2D eigenvalue weighted by molar-refractivity contribution is 0.432. The van der Waals surface area contributed by atoms with Crippen molar-refractivity contribution in [1.82, 2.24) is 0 Å². The van der Waals surface area contributed by atoms with Gasteiger partial charge in [0.2, 0.25) is 0 Å². The Hall–Kier alpha value is -1.63. The lowest BCUT2D eigenvalue weighted by Gasteiger charge is -2.06. The molecule has 104 valence electrons. The van der Waals surface area contributed by atoms with E-state index >= 15 is 0 Å². The highest BCUT2D eigenvalue weighted by molar-refractivity contribution is 7.91. The van der Waals surface area contributed by atoms with Gasteiger partial charge < -0.3 is 9.52 Å². The first-order chi connectivity index (χ1) is 8.78. The maximum absolute atomic E-state index is 11.7. The van der Waals surface area contributed by atoms with Gasteiger partial charge >= 0.3 is 5.63 Å². The van der Waals surface area contributed by atoms with E-state index in [1.807, 2.05) is 0 Å². The monoisotopic (exact) mass is 285 g/mol. The third kappa shape index (κ3) is 3.04. The molecule has 1 N–H and O–H groups in total. The van der Waals surface area contributed by atoms with Crippen LogP contribution in [0.3, 0.4) is 0 Å². The standard InChI is InChI=1S/C12H15NO5S/c1-7-5-10(14)11(12(15)18-7)8(2)13-9-3-4-19(16,17)6-9/h5,9,14H,3-4,6H2,1-2H3/t9-/m1/s1. The predicted octanol–water partition coefficient (Wildman–Crippen LogP) is 0.650. The van der Waals surface area contributed by atoms with E-state index in [1.54, 1.807) is 13.8 Å². The number of sulfone groups is 1. The number of rotatable bonds is 2. The predicted molar refractivity (Wildman–Crippen MR) is 70.6 cm³/mol. The molecule has 0 aliphatic carbocycles. The first kappa shape index (κ1) is 13.8. The van der Waals surface area contributed by atoms with Crippen LogP contribution in [0.5, 0.6) is 5.75 Å². The van der Waals surface area contributed by atoms with Crippen molar-refractivity contribution < 1.29 is 17.9 Å². The molecule has 0 aromatic carbocycles. The first-order valence-electron chi connectivity index (χ1n) is 5.87. The van der Waals surface area contributed by atoms with E-state index in [-0.39, 0.29) is 28.9 Å². The summed E-state index contributed by atoms with van der Waals surface area (Å²) >= 11 is 0. The molecule has 2 rings (SSSR count). The summed E-state index contributed by atoms with van der Waals surface area (Å²) < 4.78 is 27.6. The van der Waals surface area contributed by atoms with Gasteiger partial charge in [0.1, 0.15) is 17.1 Å². The van der Waals surface area contributed by atoms with Gasteiger partial charge in [0.25, 0.3) is 0 Å². The Morgan fingerprint density at radius 2 is 2.21 bits per heavy atom. The van der Waals surface area contributed by atoms with Gasteiger partial charge in [-0.3, -0.25) is 4.99 Å². The lowest BCUT2D eigenvalue weighted by Crippen LogP contribution is -2.16. The zero-order valence-corrected chi connectivity index (χ0v) is 11.5. The van der Waals surface area contributed by atoms with Gasteiger partial charge in [-0.05, 0) is 20.3 Å². The summed E-state index contributed by atoms with van der Waals surface area (Å²) in [6.45, 7) is 3.12. The molecule has 19 heavy (non-hydrogen) atoms. The smallest absolute Gasteiger partial charge is 0.348 e. The van der Waals surface area contributed by atoms with Crippen LogP contribution in [0.25, 0.3) is 0 Å². The van der Waals surface area contributed by atoms with Gasteiger partial charge in [0.15, 0.2) is 9.84 Å². The average molecular weight is 285 g/mol. The first-order valence-corrected chi connectivity index (χ1v) is 7.69. The van der Waals surface area contributed by atoms with Gasteiger partial charge in [0, 0.05) is 6.07 Å². The SMILES string of the molecule is CC(=N[C@@H]1CCS(=O)(=O)C1)c1c(O)cc(C)oc1=O. The van der Waals surface area contributed by atoms with Crippen LogP contribution >= 0.6 is 0 Å². The van der Waals surface area contributed by atoms with Gasteiger partial charge in [-0.25, -0.2) is 13.2 Å². The molecule has 1 atom stereocenters. The van der Waals surface area contributed by atoms with Crippen LogP contribution in [0.4, 0.5) is 0 Å². The van der Waals surface area contributed by atoms with Crippen LogP contribution in [0, 0.1) is 6.92 Å². The molecular formula is C12H15NO5S. The minimum absolute atomic E-state index is 0.00472. The summed E-state index contributed by atoms with van der Waals surface area (Å²) in [7, 11) is -3.02. The quantitative estimate of drug-likeness (QED) is 0.805. The fourth-order valence-corrected chi connectivity index (χ4v) is 3.77. The normalized spacial score (nSPS) is 22.6. The molecule has 1 aromatic heterocycles. The van der Waals surface area contributed by atoms with E-state index in [1.165, 1.54) is 6.07 Å². The molecule has 1 aromatic rings. The fraction of sp³-hybridized carbons (Fsp3) is 0.500. The summed E-state index contributed by atoms with van der Waals surface area (Å²) in [4.78, 5) is 15.9. The summed E-state index contributed by atoms with van der Waals surface area (Å²) in [6, 6.07) is 0.978. The number of nitrogens with zero attached hydrogens (tertiary/aromatic N) is 1. The topological polar surface area (TPSA) is 96.9 Å². The highest BCUT2D eigenvalue weighted by atomic mass is 32.2. The summed E-state index contributed by atoms with van der Waals surface area (Å²) in [5, 5.41) is 9.76. The molecule has 0 saturated carbocycles. The molecule has 0 spiro atoms. The number of hydrogen-bond acceptors (Lipinski definition) is 6. The molecule has 1 fully saturated rings. The van der Waals surface area contributed by atoms with E-state index in [9.17, 15) is 18.3 Å². The van der Waals surface area contributed by atoms with Crippen LogP contribution in [0.2, 0.25) is 0 Å². The van der Waals surface area contributed by atoms with Crippen LogP contribution < -0.4 is 5.63 Å². The van der Waals surface area contributed by atoms with Gasteiger partial charge in [-0.15, -0.1) is 0 Å². The second-order valence-electron chi connectivity index (χ2n) is 4.68. The largest absolute Gasteiger partial charge is 0.507 e. The van der Waals surface area contributed by atoms with Crippen molar-refractivity contribution in [2.45, 2.75) is 26.3 Å². The maximum Gasteiger partial charge on any atom is 0.348 e. The van der Waals surface area contributed by atoms with E-state index < -0.39 is 15.5 Å². The highest BCUT2D eigenvalue weighted by Crippen LogP contribution is 2.19. The number of aromatic hydroxyl groups is 1. The van der Waals surface area contributed by atoms with Crippen molar-refractivity contribution in [1.29, 1.82) is 0 Å². The third-order valence-electron chi connectivity index (χ3n) is 3.00. The Morgan fingerprint density at radius 3 is 2.74 bits per heavy atom. The Labute approximate surface area is 110 Å². The molecule has 6 nitrogen and oxygen atoms in total. The van der Waals surface area contributed by atoms with Crippen LogP contribution in [-0.2, 0) is 9.84 Å². The van der Waals surface area contributed by atoms with Crippen LogP contribution in [-0.4, -0.2) is 36.8 Å². The minimum atomic E-state index is -3.02. The number of aryl methyl sites for hydroxylation is 1. The minimum Gasteiger partial charge on any atom is -0.507 e. The highest BCUT2D eigenvalue weighted by Gasteiger charge is 2.28. The van der Waals surface area contributed by atoms with Crippen molar-refractivity contribution in [3.05, 3.63) is 27.8 Å². The van der Waals surface area contributed by atoms with E-state index in [0.29, 0.717) is 17.9 Å². The molecule has 0 radical (unpaired) electrons. The fourth-order valence-electron chi connectivity index (χ4n) is 2.14. The molecule has 0 bridgehead atoms. The zero-order valence-electron chi connectivity index (χ0n) is 10.7. The van der Waals surface area contributed by atoms with Gasteiger partial charge in [-0.2, -0.15) is 0 Å². The number of aliphatic imine (C=N–C) groups is 1. The van der Waals surface area contributed by atoms with Gasteiger partial charge in [0.05, 0.1) is 23.3 Å². The maximum atomic E-state index is 11.7. The molecule has 2 heterocycles. The number of hydrogen-bond donors (Lipinski definition) is 1. The molecule has 1 aliphatic heterocycles. The average Bonchev–Trinajstić information content (AvgIpc) is 2.56. The second-order valence-corrected chi connectivity index (χ2v) is 6.90. The molecule has 0 amide bonds. The molecular weight excluding hydrogens is 270 g/mol. The summed E-state index contributed by atoms with van der Waals surface area (Å²) in [5.74, 6) is 0.212. The van der Waals surface area contributed by atoms with Crippen LogP contribution in [0.1, 0.15) is 24.7 Å². The molecule has 0 unspecified atom stereocenters. The van der Waals surface area contributed by atoms with Crippen molar-refractivity contribution in [3.63, 3.8) is 0 Å². The zero-order chi connectivity index (χ0) is 14.2.